The van der Waals surface area contributed by atoms with Crippen LogP contribution in [0.25, 0.3) is 0 Å². The van der Waals surface area contributed by atoms with Crippen molar-refractivity contribution in [1.29, 1.82) is 0 Å². The van der Waals surface area contributed by atoms with Gasteiger partial charge in [0.15, 0.2) is 0 Å². The molecule has 1 fully saturated rings. The van der Waals surface area contributed by atoms with Gasteiger partial charge in [0.1, 0.15) is 0 Å². The van der Waals surface area contributed by atoms with Crippen molar-refractivity contribution in [2.75, 3.05) is 11.9 Å². The molecule has 1 saturated carbocycles. The molecule has 0 unspecified atom stereocenters. The van der Waals surface area contributed by atoms with Crippen molar-refractivity contribution in [2.24, 2.45) is 0 Å². The number of amides is 4. The molecule has 4 amide bonds. The first-order chi connectivity index (χ1) is 13.6. The van der Waals surface area contributed by atoms with Gasteiger partial charge in [0, 0.05) is 37.2 Å². The number of carbonyl (C=O) groups is 3. The minimum Gasteiger partial charge on any atom is -0.320 e. The van der Waals surface area contributed by atoms with Gasteiger partial charge >= 0.3 is 6.03 Å². The highest BCUT2D eigenvalue weighted by Gasteiger charge is 2.44. The number of rotatable bonds is 6. The second-order valence-electron chi connectivity index (χ2n) is 7.18. The third kappa shape index (κ3) is 3.47. The van der Waals surface area contributed by atoms with Gasteiger partial charge in [-0.05, 0) is 49.1 Å². The molecule has 1 aromatic carbocycles. The number of pyridine rings is 1. The molecule has 2 heterocycles. The molecule has 2 aromatic rings. The number of urea groups is 1. The number of nitrogens with zero attached hydrogens (tertiary/aromatic N) is 3. The number of hydrogen-bond donors (Lipinski definition) is 1. The zero-order valence-corrected chi connectivity index (χ0v) is 15.7. The maximum absolute atomic E-state index is 12.8. The van der Waals surface area contributed by atoms with Gasteiger partial charge in [-0.1, -0.05) is 13.0 Å². The lowest BCUT2D eigenvalue weighted by Crippen LogP contribution is -2.35. The van der Waals surface area contributed by atoms with Crippen molar-refractivity contribution in [2.45, 2.75) is 38.8 Å². The zero-order chi connectivity index (χ0) is 19.7. The van der Waals surface area contributed by atoms with Crippen molar-refractivity contribution in [1.82, 2.24) is 14.8 Å². The fraction of sp³-hybridized carbons (Fsp3) is 0.333. The van der Waals surface area contributed by atoms with Crippen LogP contribution in [0.15, 0.2) is 42.7 Å². The third-order valence-electron chi connectivity index (χ3n) is 4.96. The molecule has 0 bridgehead atoms. The maximum atomic E-state index is 12.8. The number of hydrogen-bond acceptors (Lipinski definition) is 4. The Kier molecular flexibility index (Phi) is 4.81. The molecule has 1 aliphatic heterocycles. The largest absolute Gasteiger partial charge is 0.322 e. The Balaban J connectivity index is 1.50. The molecule has 28 heavy (non-hydrogen) atoms. The first-order valence-corrected chi connectivity index (χ1v) is 9.55. The van der Waals surface area contributed by atoms with Crippen LogP contribution in [-0.4, -0.2) is 45.2 Å². The molecule has 0 saturated heterocycles. The lowest BCUT2D eigenvalue weighted by Gasteiger charge is -2.22. The highest BCUT2D eigenvalue weighted by Crippen LogP contribution is 2.35. The Morgan fingerprint density at radius 3 is 2.68 bits per heavy atom. The maximum Gasteiger partial charge on any atom is 0.322 e. The lowest BCUT2D eigenvalue weighted by atomic mass is 10.1. The molecular formula is C21H22N4O3. The normalized spacial score (nSPS) is 15.5. The fourth-order valence-corrected chi connectivity index (χ4v) is 3.44. The molecular weight excluding hydrogens is 356 g/mol. The van der Waals surface area contributed by atoms with Crippen molar-refractivity contribution in [3.8, 4) is 0 Å². The summed E-state index contributed by atoms with van der Waals surface area (Å²) in [5, 5.41) is 2.86. The minimum atomic E-state index is -0.264. The predicted octanol–water partition coefficient (Wildman–Crippen LogP) is 3.28. The van der Waals surface area contributed by atoms with E-state index in [0.717, 1.165) is 24.8 Å². The van der Waals surface area contributed by atoms with Gasteiger partial charge < -0.3 is 10.2 Å². The topological polar surface area (TPSA) is 82.6 Å². The summed E-state index contributed by atoms with van der Waals surface area (Å²) < 4.78 is 0. The summed E-state index contributed by atoms with van der Waals surface area (Å²) >= 11 is 0. The summed E-state index contributed by atoms with van der Waals surface area (Å²) in [5.74, 6) is -0.496. The van der Waals surface area contributed by atoms with Crippen LogP contribution in [0.1, 0.15) is 52.5 Å². The van der Waals surface area contributed by atoms with E-state index in [1.807, 2.05) is 19.1 Å². The van der Waals surface area contributed by atoms with Crippen LogP contribution in [0.5, 0.6) is 0 Å². The molecule has 7 heteroatoms. The summed E-state index contributed by atoms with van der Waals surface area (Å²) in [7, 11) is 0. The molecule has 7 nitrogen and oxygen atoms in total. The smallest absolute Gasteiger partial charge is 0.320 e. The second kappa shape index (κ2) is 7.42. The number of aromatic nitrogens is 1. The van der Waals surface area contributed by atoms with Gasteiger partial charge in [-0.2, -0.15) is 0 Å². The van der Waals surface area contributed by atoms with Crippen molar-refractivity contribution in [3.63, 3.8) is 0 Å². The summed E-state index contributed by atoms with van der Waals surface area (Å²) in [5.41, 5.74) is 2.23. The van der Waals surface area contributed by atoms with E-state index in [0.29, 0.717) is 29.9 Å². The van der Waals surface area contributed by atoms with E-state index in [9.17, 15) is 14.4 Å². The third-order valence-corrected chi connectivity index (χ3v) is 4.96. The van der Waals surface area contributed by atoms with Crippen LogP contribution >= 0.6 is 0 Å². The Bertz CT molecular complexity index is 925. The van der Waals surface area contributed by atoms with Crippen LogP contribution in [0.2, 0.25) is 0 Å². The van der Waals surface area contributed by atoms with Crippen LogP contribution < -0.4 is 5.32 Å². The van der Waals surface area contributed by atoms with Crippen LogP contribution in [0.3, 0.4) is 0 Å². The second-order valence-corrected chi connectivity index (χ2v) is 7.18. The van der Waals surface area contributed by atoms with Gasteiger partial charge in [-0.3, -0.25) is 19.5 Å². The minimum absolute atomic E-state index is 0.0324. The van der Waals surface area contributed by atoms with E-state index < -0.39 is 0 Å². The standard InChI is InChI=1S/C21H22N4O3/c1-2-10-24(13-14-4-3-9-22-12-14)21(28)23-15-5-8-17-18(11-15)20(27)25(19(17)26)16-6-7-16/h3-5,8-9,11-12,16H,2,6-7,10,13H2,1H3,(H,23,28). The van der Waals surface area contributed by atoms with Crippen molar-refractivity contribution >= 4 is 23.5 Å². The van der Waals surface area contributed by atoms with Gasteiger partial charge in [0.25, 0.3) is 11.8 Å². The molecule has 2 aliphatic rings. The van der Waals surface area contributed by atoms with Crippen LogP contribution in [-0.2, 0) is 6.54 Å². The quantitative estimate of drug-likeness (QED) is 0.782. The van der Waals surface area contributed by atoms with E-state index in [4.69, 9.17) is 0 Å². The summed E-state index contributed by atoms with van der Waals surface area (Å²) in [6, 6.07) is 8.45. The van der Waals surface area contributed by atoms with Crippen molar-refractivity contribution < 1.29 is 14.4 Å². The molecule has 1 N–H and O–H groups in total. The number of nitrogens with one attached hydrogen (secondary N) is 1. The van der Waals surface area contributed by atoms with Gasteiger partial charge in [0.05, 0.1) is 11.1 Å². The molecule has 0 spiro atoms. The first kappa shape index (κ1) is 18.2. The molecule has 1 aliphatic carbocycles. The Labute approximate surface area is 163 Å². The van der Waals surface area contributed by atoms with Crippen LogP contribution in [0.4, 0.5) is 10.5 Å². The fourth-order valence-electron chi connectivity index (χ4n) is 3.44. The number of carbonyl (C=O) groups excluding carboxylic acids is 3. The Morgan fingerprint density at radius 1 is 1.21 bits per heavy atom. The number of benzene rings is 1. The highest BCUT2D eigenvalue weighted by molar-refractivity contribution is 6.22. The van der Waals surface area contributed by atoms with E-state index >= 15 is 0 Å². The average molecular weight is 378 g/mol. The molecule has 0 atom stereocenters. The SMILES string of the molecule is CCCN(Cc1cccnc1)C(=O)Nc1ccc2c(c1)C(=O)N(C1CC1)C2=O. The van der Waals surface area contributed by atoms with Crippen molar-refractivity contribution in [3.05, 3.63) is 59.4 Å². The first-order valence-electron chi connectivity index (χ1n) is 9.55. The number of fused-ring (bicyclic) bond motifs is 1. The molecule has 1 aromatic heterocycles. The van der Waals surface area contributed by atoms with E-state index in [-0.39, 0.29) is 23.9 Å². The van der Waals surface area contributed by atoms with E-state index in [2.05, 4.69) is 10.3 Å². The van der Waals surface area contributed by atoms with Gasteiger partial charge in [-0.25, -0.2) is 4.79 Å². The zero-order valence-electron chi connectivity index (χ0n) is 15.7. The predicted molar refractivity (Wildman–Crippen MR) is 104 cm³/mol. The van der Waals surface area contributed by atoms with Gasteiger partial charge in [-0.15, -0.1) is 0 Å². The average Bonchev–Trinajstić information content (AvgIpc) is 3.49. The Hall–Kier alpha value is -3.22. The monoisotopic (exact) mass is 378 g/mol. The van der Waals surface area contributed by atoms with Gasteiger partial charge in [0.2, 0.25) is 0 Å². The summed E-state index contributed by atoms with van der Waals surface area (Å²) in [6.07, 6.45) is 6.00. The molecule has 144 valence electrons. The van der Waals surface area contributed by atoms with E-state index in [1.165, 1.54) is 4.90 Å². The molecule has 0 radical (unpaired) electrons. The number of imide groups is 1. The summed E-state index contributed by atoms with van der Waals surface area (Å²) in [6.45, 7) is 3.06. The Morgan fingerprint density at radius 2 is 2.00 bits per heavy atom. The molecule has 4 rings (SSSR count). The van der Waals surface area contributed by atoms with E-state index in [1.54, 1.807) is 35.5 Å². The lowest BCUT2D eigenvalue weighted by molar-refractivity contribution is 0.0642. The number of anilines is 1. The highest BCUT2D eigenvalue weighted by atomic mass is 16.2. The van der Waals surface area contributed by atoms with Crippen LogP contribution in [0, 0.1) is 0 Å². The summed E-state index contributed by atoms with van der Waals surface area (Å²) in [4.78, 5) is 44.9.